The third kappa shape index (κ3) is 3.03. The molecule has 0 bridgehead atoms. The molecule has 6 heteroatoms. The lowest BCUT2D eigenvalue weighted by molar-refractivity contribution is -0.143. The number of imide groups is 1. The van der Waals surface area contributed by atoms with Crippen molar-refractivity contribution in [1.82, 2.24) is 4.90 Å². The van der Waals surface area contributed by atoms with Crippen LogP contribution in [0.25, 0.3) is 0 Å². The van der Waals surface area contributed by atoms with Crippen molar-refractivity contribution < 1.29 is 19.2 Å². The van der Waals surface area contributed by atoms with E-state index in [0.29, 0.717) is 6.54 Å². The summed E-state index contributed by atoms with van der Waals surface area (Å²) >= 11 is 0. The summed E-state index contributed by atoms with van der Waals surface area (Å²) in [6.07, 6.45) is 0.939. The Labute approximate surface area is 164 Å². The van der Waals surface area contributed by atoms with Crippen LogP contribution in [0.4, 0.5) is 5.69 Å². The van der Waals surface area contributed by atoms with Crippen LogP contribution in [0, 0.1) is 5.92 Å². The molecule has 0 unspecified atom stereocenters. The fourth-order valence-electron chi connectivity index (χ4n) is 3.95. The smallest absolute Gasteiger partial charge is 0.261 e. The van der Waals surface area contributed by atoms with Crippen molar-refractivity contribution in [3.63, 3.8) is 0 Å². The monoisotopic (exact) mass is 380 g/mol. The SMILES string of the molecule is CCCCN1C(=O)[C@H]2[C@H](ON(c3ccccc3)[C@H]2c2ccc(OC)cc2)C1=O. The number of carbonyl (C=O) groups is 2. The number of benzene rings is 2. The lowest BCUT2D eigenvalue weighted by atomic mass is 9.90. The number of para-hydroxylation sites is 1. The Bertz CT molecular complexity index is 853. The number of hydroxylamine groups is 1. The molecule has 0 aliphatic carbocycles. The van der Waals surface area contributed by atoms with Crippen LogP contribution < -0.4 is 9.80 Å². The van der Waals surface area contributed by atoms with Crippen LogP contribution in [0.2, 0.25) is 0 Å². The molecule has 2 saturated heterocycles. The van der Waals surface area contributed by atoms with Gasteiger partial charge in [0.1, 0.15) is 11.7 Å². The Morgan fingerprint density at radius 3 is 2.36 bits per heavy atom. The predicted molar refractivity (Wildman–Crippen MR) is 105 cm³/mol. The first-order valence-corrected chi connectivity index (χ1v) is 9.66. The van der Waals surface area contributed by atoms with Gasteiger partial charge in [-0.05, 0) is 36.2 Å². The summed E-state index contributed by atoms with van der Waals surface area (Å²) in [7, 11) is 1.62. The van der Waals surface area contributed by atoms with E-state index in [1.54, 1.807) is 12.2 Å². The van der Waals surface area contributed by atoms with Gasteiger partial charge in [0.15, 0.2) is 6.10 Å². The number of likely N-dealkylation sites (tertiary alicyclic amines) is 1. The van der Waals surface area contributed by atoms with Gasteiger partial charge >= 0.3 is 0 Å². The Hall–Kier alpha value is -2.86. The van der Waals surface area contributed by atoms with Gasteiger partial charge in [-0.25, -0.2) is 5.06 Å². The number of carbonyl (C=O) groups excluding carboxylic acids is 2. The molecule has 0 radical (unpaired) electrons. The zero-order valence-corrected chi connectivity index (χ0v) is 16.1. The van der Waals surface area contributed by atoms with E-state index in [1.165, 1.54) is 4.90 Å². The zero-order valence-electron chi connectivity index (χ0n) is 16.1. The predicted octanol–water partition coefficient (Wildman–Crippen LogP) is 3.34. The normalized spacial score (nSPS) is 24.0. The highest BCUT2D eigenvalue weighted by Crippen LogP contribution is 2.46. The van der Waals surface area contributed by atoms with Crippen molar-refractivity contribution in [3.05, 3.63) is 60.2 Å². The molecule has 2 aliphatic rings. The van der Waals surface area contributed by atoms with E-state index >= 15 is 0 Å². The summed E-state index contributed by atoms with van der Waals surface area (Å²) in [5.41, 5.74) is 1.73. The van der Waals surface area contributed by atoms with Gasteiger partial charge in [-0.3, -0.25) is 19.3 Å². The number of ether oxygens (including phenoxy) is 1. The molecule has 146 valence electrons. The highest BCUT2D eigenvalue weighted by molar-refractivity contribution is 6.07. The maximum absolute atomic E-state index is 13.2. The molecular weight excluding hydrogens is 356 g/mol. The van der Waals surface area contributed by atoms with Crippen molar-refractivity contribution in [2.24, 2.45) is 5.92 Å². The molecule has 2 aromatic carbocycles. The first kappa shape index (κ1) is 18.5. The minimum absolute atomic E-state index is 0.150. The number of methoxy groups -OCH3 is 1. The van der Waals surface area contributed by atoms with Gasteiger partial charge in [0.05, 0.1) is 18.8 Å². The number of unbranched alkanes of at least 4 members (excludes halogenated alkanes) is 1. The molecule has 2 fully saturated rings. The van der Waals surface area contributed by atoms with Crippen molar-refractivity contribution in [3.8, 4) is 5.75 Å². The lowest BCUT2D eigenvalue weighted by Gasteiger charge is -2.28. The van der Waals surface area contributed by atoms with E-state index < -0.39 is 12.0 Å². The molecule has 0 saturated carbocycles. The minimum atomic E-state index is -0.781. The average molecular weight is 380 g/mol. The van der Waals surface area contributed by atoms with Crippen LogP contribution in [0.5, 0.6) is 5.75 Å². The number of hydrogen-bond acceptors (Lipinski definition) is 5. The van der Waals surface area contributed by atoms with Crippen molar-refractivity contribution in [1.29, 1.82) is 0 Å². The molecule has 2 amide bonds. The molecule has 6 nitrogen and oxygen atoms in total. The average Bonchev–Trinajstić information content (AvgIpc) is 3.24. The second kappa shape index (κ2) is 7.64. The largest absolute Gasteiger partial charge is 0.497 e. The van der Waals surface area contributed by atoms with Gasteiger partial charge in [0, 0.05) is 6.54 Å². The Balaban J connectivity index is 1.72. The second-order valence-corrected chi connectivity index (χ2v) is 7.11. The van der Waals surface area contributed by atoms with Crippen LogP contribution in [-0.4, -0.2) is 36.5 Å². The van der Waals surface area contributed by atoms with Gasteiger partial charge < -0.3 is 4.74 Å². The van der Waals surface area contributed by atoms with E-state index in [1.807, 2.05) is 61.5 Å². The van der Waals surface area contributed by atoms with E-state index in [4.69, 9.17) is 9.57 Å². The Morgan fingerprint density at radius 1 is 1.00 bits per heavy atom. The second-order valence-electron chi connectivity index (χ2n) is 7.11. The van der Waals surface area contributed by atoms with Gasteiger partial charge in [0.2, 0.25) is 5.91 Å². The number of nitrogens with zero attached hydrogens (tertiary/aromatic N) is 2. The Morgan fingerprint density at radius 2 is 1.71 bits per heavy atom. The topological polar surface area (TPSA) is 59.1 Å². The minimum Gasteiger partial charge on any atom is -0.497 e. The fourth-order valence-corrected chi connectivity index (χ4v) is 3.95. The summed E-state index contributed by atoms with van der Waals surface area (Å²) in [6, 6.07) is 16.8. The molecule has 2 heterocycles. The molecule has 2 aromatic rings. The summed E-state index contributed by atoms with van der Waals surface area (Å²) in [5, 5.41) is 1.71. The molecule has 28 heavy (non-hydrogen) atoms. The molecule has 0 N–H and O–H groups in total. The highest BCUT2D eigenvalue weighted by Gasteiger charge is 2.59. The van der Waals surface area contributed by atoms with Crippen LogP contribution in [0.15, 0.2) is 54.6 Å². The number of hydrogen-bond donors (Lipinski definition) is 0. The first-order valence-electron chi connectivity index (χ1n) is 9.66. The quantitative estimate of drug-likeness (QED) is 0.720. The molecular formula is C22H24N2O4. The van der Waals surface area contributed by atoms with Gasteiger partial charge in [-0.1, -0.05) is 43.7 Å². The molecule has 2 aliphatic heterocycles. The third-order valence-electron chi connectivity index (χ3n) is 5.41. The summed E-state index contributed by atoms with van der Waals surface area (Å²) < 4.78 is 5.26. The third-order valence-corrected chi connectivity index (χ3v) is 5.41. The fraction of sp³-hybridized carbons (Fsp3) is 0.364. The molecule has 0 aromatic heterocycles. The highest BCUT2D eigenvalue weighted by atomic mass is 16.7. The maximum atomic E-state index is 13.2. The molecule has 0 spiro atoms. The lowest BCUT2D eigenvalue weighted by Crippen LogP contribution is -2.37. The van der Waals surface area contributed by atoms with E-state index in [2.05, 4.69) is 0 Å². The number of amides is 2. The first-order chi connectivity index (χ1) is 13.7. The Kier molecular flexibility index (Phi) is 5.05. The van der Waals surface area contributed by atoms with Gasteiger partial charge in [-0.15, -0.1) is 0 Å². The van der Waals surface area contributed by atoms with Gasteiger partial charge in [-0.2, -0.15) is 0 Å². The van der Waals surface area contributed by atoms with Crippen LogP contribution >= 0.6 is 0 Å². The van der Waals surface area contributed by atoms with Crippen molar-refractivity contribution in [2.45, 2.75) is 31.9 Å². The van der Waals surface area contributed by atoms with E-state index in [9.17, 15) is 9.59 Å². The summed E-state index contributed by atoms with van der Waals surface area (Å²) in [4.78, 5) is 33.5. The standard InChI is InChI=1S/C22H24N2O4/c1-3-4-14-23-21(25)18-19(15-10-12-17(27-2)13-11-15)24(28-20(18)22(23)26)16-8-6-5-7-9-16/h5-13,18-20H,3-4,14H2,1-2H3/t18-,19+,20+/m1/s1. The number of anilines is 1. The van der Waals surface area contributed by atoms with E-state index in [-0.39, 0.29) is 17.9 Å². The summed E-state index contributed by atoms with van der Waals surface area (Å²) in [6.45, 7) is 2.49. The summed E-state index contributed by atoms with van der Waals surface area (Å²) in [5.74, 6) is -0.204. The maximum Gasteiger partial charge on any atom is 0.261 e. The number of fused-ring (bicyclic) bond motifs is 1. The number of rotatable bonds is 6. The zero-order chi connectivity index (χ0) is 19.7. The van der Waals surface area contributed by atoms with E-state index in [0.717, 1.165) is 29.8 Å². The van der Waals surface area contributed by atoms with Crippen molar-refractivity contribution in [2.75, 3.05) is 18.7 Å². The van der Waals surface area contributed by atoms with Crippen LogP contribution in [0.1, 0.15) is 31.4 Å². The molecule has 4 rings (SSSR count). The van der Waals surface area contributed by atoms with Crippen LogP contribution in [0.3, 0.4) is 0 Å². The van der Waals surface area contributed by atoms with Crippen molar-refractivity contribution >= 4 is 17.5 Å². The van der Waals surface area contributed by atoms with Crippen LogP contribution in [-0.2, 0) is 14.4 Å². The van der Waals surface area contributed by atoms with Gasteiger partial charge in [0.25, 0.3) is 5.91 Å². The molecule has 3 atom stereocenters.